The minimum atomic E-state index is -0.488. The Kier molecular flexibility index (Phi) is 7.50. The van der Waals surface area contributed by atoms with Crippen molar-refractivity contribution in [3.63, 3.8) is 0 Å². The van der Waals surface area contributed by atoms with Crippen LogP contribution in [0.3, 0.4) is 0 Å². The van der Waals surface area contributed by atoms with Crippen LogP contribution in [0.25, 0.3) is 6.08 Å². The lowest BCUT2D eigenvalue weighted by Gasteiger charge is -2.14. The van der Waals surface area contributed by atoms with Gasteiger partial charge in [-0.05, 0) is 31.0 Å². The van der Waals surface area contributed by atoms with Crippen LogP contribution in [0.4, 0.5) is 0 Å². The number of esters is 1. The van der Waals surface area contributed by atoms with Gasteiger partial charge in [0.15, 0.2) is 13.6 Å². The predicted octanol–water partition coefficient (Wildman–Crippen LogP) is 3.16. The first-order chi connectivity index (χ1) is 10.1. The average molecular weight is 294 g/mol. The summed E-state index contributed by atoms with van der Waals surface area (Å²) in [6.07, 6.45) is 4.81. The summed E-state index contributed by atoms with van der Waals surface area (Å²) < 4.78 is 20.2. The van der Waals surface area contributed by atoms with Gasteiger partial charge in [0.1, 0.15) is 11.3 Å². The van der Waals surface area contributed by atoms with Gasteiger partial charge in [-0.15, -0.1) is 0 Å². The highest BCUT2D eigenvalue weighted by Gasteiger charge is 2.18. The van der Waals surface area contributed by atoms with Gasteiger partial charge in [-0.1, -0.05) is 19.1 Å². The predicted molar refractivity (Wildman–Crippen MR) is 80.3 cm³/mol. The van der Waals surface area contributed by atoms with Crippen LogP contribution in [0.5, 0.6) is 5.75 Å². The summed E-state index contributed by atoms with van der Waals surface area (Å²) in [6.45, 7) is 3.91. The van der Waals surface area contributed by atoms with Gasteiger partial charge in [-0.25, -0.2) is 4.79 Å². The van der Waals surface area contributed by atoms with Crippen LogP contribution in [0.15, 0.2) is 18.2 Å². The molecule has 5 nitrogen and oxygen atoms in total. The first-order valence-corrected chi connectivity index (χ1v) is 6.73. The second-order valence-electron chi connectivity index (χ2n) is 4.43. The number of hydrogen-bond donors (Lipinski definition) is 0. The van der Waals surface area contributed by atoms with Crippen LogP contribution in [0.1, 0.15) is 34.8 Å². The number of ether oxygens (including phenoxy) is 4. The molecule has 0 N–H and O–H groups in total. The Morgan fingerprint density at radius 2 is 1.90 bits per heavy atom. The molecule has 0 radical (unpaired) electrons. The molecule has 0 unspecified atom stereocenters. The topological polar surface area (TPSA) is 54.0 Å². The van der Waals surface area contributed by atoms with Gasteiger partial charge < -0.3 is 18.9 Å². The molecule has 0 atom stereocenters. The maximum Gasteiger partial charge on any atom is 0.344 e. The fourth-order valence-corrected chi connectivity index (χ4v) is 1.79. The minimum absolute atomic E-state index is 0.0561. The zero-order chi connectivity index (χ0) is 15.7. The van der Waals surface area contributed by atoms with Crippen molar-refractivity contribution in [2.24, 2.45) is 0 Å². The van der Waals surface area contributed by atoms with E-state index in [1.54, 1.807) is 6.07 Å². The van der Waals surface area contributed by atoms with E-state index in [0.717, 1.165) is 17.5 Å². The number of benzene rings is 1. The summed E-state index contributed by atoms with van der Waals surface area (Å²) >= 11 is 0. The first-order valence-electron chi connectivity index (χ1n) is 6.73. The average Bonchev–Trinajstić information content (AvgIpc) is 2.48. The second kappa shape index (κ2) is 9.15. The van der Waals surface area contributed by atoms with E-state index in [-0.39, 0.29) is 13.6 Å². The van der Waals surface area contributed by atoms with Crippen molar-refractivity contribution in [1.29, 1.82) is 0 Å². The highest BCUT2D eigenvalue weighted by Crippen LogP contribution is 2.28. The van der Waals surface area contributed by atoms with E-state index in [4.69, 9.17) is 18.9 Å². The van der Waals surface area contributed by atoms with Crippen molar-refractivity contribution in [3.05, 3.63) is 34.9 Å². The van der Waals surface area contributed by atoms with E-state index in [2.05, 4.69) is 0 Å². The summed E-state index contributed by atoms with van der Waals surface area (Å²) in [4.78, 5) is 12.1. The van der Waals surface area contributed by atoms with Gasteiger partial charge in [0.2, 0.25) is 0 Å². The van der Waals surface area contributed by atoms with Gasteiger partial charge in [-0.2, -0.15) is 0 Å². The highest BCUT2D eigenvalue weighted by atomic mass is 16.7. The molecule has 1 aromatic rings. The second-order valence-corrected chi connectivity index (χ2v) is 4.43. The Morgan fingerprint density at radius 3 is 2.52 bits per heavy atom. The molecule has 0 aromatic heterocycles. The molecule has 0 aliphatic carbocycles. The van der Waals surface area contributed by atoms with Crippen LogP contribution in [0.2, 0.25) is 0 Å². The summed E-state index contributed by atoms with van der Waals surface area (Å²) in [6, 6.07) is 3.68. The minimum Gasteiger partial charge on any atom is -0.466 e. The van der Waals surface area contributed by atoms with Crippen LogP contribution in [-0.2, 0) is 14.2 Å². The van der Waals surface area contributed by atoms with E-state index in [9.17, 15) is 4.79 Å². The van der Waals surface area contributed by atoms with Crippen molar-refractivity contribution < 1.29 is 23.7 Å². The van der Waals surface area contributed by atoms with E-state index in [1.807, 2.05) is 32.1 Å². The molecule has 1 rings (SSSR count). The fraction of sp³-hybridized carbons (Fsp3) is 0.438. The lowest BCUT2D eigenvalue weighted by Crippen LogP contribution is -2.12. The number of carbonyl (C=O) groups is 1. The quantitative estimate of drug-likeness (QED) is 0.544. The summed E-state index contributed by atoms with van der Waals surface area (Å²) in [7, 11) is 2.99. The molecule has 0 saturated heterocycles. The first kappa shape index (κ1) is 17.2. The van der Waals surface area contributed by atoms with E-state index < -0.39 is 5.97 Å². The van der Waals surface area contributed by atoms with E-state index >= 15 is 0 Å². The van der Waals surface area contributed by atoms with Crippen LogP contribution < -0.4 is 4.74 Å². The molecule has 0 amide bonds. The van der Waals surface area contributed by atoms with Crippen molar-refractivity contribution in [3.8, 4) is 5.75 Å². The number of methoxy groups -OCH3 is 2. The number of aryl methyl sites for hydroxylation is 1. The molecule has 0 saturated carbocycles. The summed E-state index contributed by atoms with van der Waals surface area (Å²) in [5, 5.41) is 0. The molecule has 21 heavy (non-hydrogen) atoms. The van der Waals surface area contributed by atoms with E-state index in [1.165, 1.54) is 14.2 Å². The zero-order valence-electron chi connectivity index (χ0n) is 13.0. The fourth-order valence-electron chi connectivity index (χ4n) is 1.79. The molecule has 0 aliphatic heterocycles. The molecule has 0 spiro atoms. The highest BCUT2D eigenvalue weighted by molar-refractivity contribution is 5.94. The molecule has 5 heteroatoms. The van der Waals surface area contributed by atoms with Crippen molar-refractivity contribution in [2.75, 3.05) is 27.8 Å². The van der Waals surface area contributed by atoms with Crippen LogP contribution in [-0.4, -0.2) is 33.8 Å². The van der Waals surface area contributed by atoms with Gasteiger partial charge in [-0.3, -0.25) is 0 Å². The van der Waals surface area contributed by atoms with Crippen LogP contribution in [0, 0.1) is 6.92 Å². The van der Waals surface area contributed by atoms with Crippen molar-refractivity contribution in [2.45, 2.75) is 20.3 Å². The van der Waals surface area contributed by atoms with Crippen molar-refractivity contribution >= 4 is 12.0 Å². The Morgan fingerprint density at radius 1 is 1.19 bits per heavy atom. The van der Waals surface area contributed by atoms with Gasteiger partial charge >= 0.3 is 5.97 Å². The molecular weight excluding hydrogens is 272 g/mol. The zero-order valence-corrected chi connectivity index (χ0v) is 13.0. The van der Waals surface area contributed by atoms with Crippen molar-refractivity contribution in [1.82, 2.24) is 0 Å². The lowest BCUT2D eigenvalue weighted by molar-refractivity contribution is -0.0132. The Bertz CT molecular complexity index is 494. The summed E-state index contributed by atoms with van der Waals surface area (Å²) in [5.41, 5.74) is 2.12. The Labute approximate surface area is 125 Å². The summed E-state index contributed by atoms with van der Waals surface area (Å²) in [5.74, 6) is -0.0361. The lowest BCUT2D eigenvalue weighted by atomic mass is 10.0. The normalized spacial score (nSPS) is 10.9. The molecule has 1 aromatic carbocycles. The Hall–Kier alpha value is -1.85. The largest absolute Gasteiger partial charge is 0.466 e. The van der Waals surface area contributed by atoms with Crippen LogP contribution >= 0.6 is 0 Å². The maximum absolute atomic E-state index is 12.1. The monoisotopic (exact) mass is 294 g/mol. The maximum atomic E-state index is 12.1. The number of carbonyl (C=O) groups excluding carboxylic acids is 1. The molecule has 116 valence electrons. The molecule has 0 heterocycles. The SMILES string of the molecule is CCC=Cc1cc(C)cc(C(=O)OCOC)c1OCOC. The number of allylic oxidation sites excluding steroid dienone is 1. The van der Waals surface area contributed by atoms with Gasteiger partial charge in [0.25, 0.3) is 0 Å². The molecule has 0 bridgehead atoms. The Balaban J connectivity index is 3.21. The smallest absolute Gasteiger partial charge is 0.344 e. The molecule has 0 aliphatic rings. The third kappa shape index (κ3) is 5.21. The van der Waals surface area contributed by atoms with Gasteiger partial charge in [0, 0.05) is 19.8 Å². The standard InChI is InChI=1S/C16H22O5/c1-5-6-7-13-8-12(2)9-14(15(13)20-10-18-3)16(17)21-11-19-4/h6-9H,5,10-11H2,1-4H3. The van der Waals surface area contributed by atoms with E-state index in [0.29, 0.717) is 11.3 Å². The third-order valence-corrected chi connectivity index (χ3v) is 2.64. The molecular formula is C16H22O5. The number of rotatable bonds is 8. The molecule has 0 fully saturated rings. The van der Waals surface area contributed by atoms with Gasteiger partial charge in [0.05, 0.1) is 0 Å². The number of hydrogen-bond acceptors (Lipinski definition) is 5. The third-order valence-electron chi connectivity index (χ3n) is 2.64.